The number of carbonyl (C=O) groups is 4. The largest absolute Gasteiger partial charge is 0.394 e. The van der Waals surface area contributed by atoms with Crippen molar-refractivity contribution >= 4 is 24.2 Å². The molecule has 0 spiro atoms. The van der Waals surface area contributed by atoms with Crippen molar-refractivity contribution < 1.29 is 88.4 Å². The highest BCUT2D eigenvalue weighted by Crippen LogP contribution is 2.31. The lowest BCUT2D eigenvalue weighted by Gasteiger charge is -2.46. The fourth-order valence-electron chi connectivity index (χ4n) is 6.44. The Hall–Kier alpha value is -2.64. The molecule has 10 N–H and O–H groups in total. The molecule has 15 atom stereocenters. The van der Waals surface area contributed by atoms with Gasteiger partial charge in [-0.3, -0.25) is 19.2 Å². The van der Waals surface area contributed by atoms with E-state index in [0.717, 1.165) is 0 Å². The van der Waals surface area contributed by atoms with Crippen LogP contribution >= 0.6 is 0 Å². The highest BCUT2D eigenvalue weighted by Gasteiger charge is 2.50. The normalized spacial score (nSPS) is 38.9. The van der Waals surface area contributed by atoms with Crippen molar-refractivity contribution in [2.24, 2.45) is 11.8 Å². The predicted octanol–water partition coefficient (Wildman–Crippen LogP) is -6.45. The molecular weight excluding hydrogens is 678 g/mol. The van der Waals surface area contributed by atoms with Gasteiger partial charge in [0.1, 0.15) is 42.7 Å². The lowest BCUT2D eigenvalue weighted by molar-refractivity contribution is -0.332. The summed E-state index contributed by atoms with van der Waals surface area (Å²) in [4.78, 5) is 56.8. The molecule has 21 heteroatoms. The van der Waals surface area contributed by atoms with Gasteiger partial charge in [0.25, 0.3) is 0 Å². The van der Waals surface area contributed by atoms with E-state index in [0.29, 0.717) is 0 Å². The van der Waals surface area contributed by atoms with E-state index in [4.69, 9.17) is 28.6 Å². The van der Waals surface area contributed by atoms with Gasteiger partial charge in [0.05, 0.1) is 76.6 Å². The Kier molecular flexibility index (Phi) is 16.6. The van der Waals surface area contributed by atoms with Crippen molar-refractivity contribution in [2.75, 3.05) is 46.2 Å². The second kappa shape index (κ2) is 19.8. The van der Waals surface area contributed by atoms with Gasteiger partial charge in [0, 0.05) is 32.6 Å². The summed E-state index contributed by atoms with van der Waals surface area (Å²) >= 11 is 0. The molecule has 3 aliphatic rings. The van der Waals surface area contributed by atoms with Crippen LogP contribution in [0.15, 0.2) is 0 Å². The van der Waals surface area contributed by atoms with Crippen molar-refractivity contribution in [3.05, 3.63) is 0 Å². The first-order chi connectivity index (χ1) is 23.8. The SMILES string of the molecule is CC(=O)NC1[C@H](COC[C@H]2C(CO)O[C@@H](COC[C@@H]3C(CO)O[C@@H](O)C(NC(C)=O)[C@H]3O)C(NC(C)=O)[C@H]2OOC=O)OC(CO)[C@@H](O)[C@@H]1O. The number of hydrogen-bond donors (Lipinski definition) is 10. The maximum atomic E-state index is 12.3. The van der Waals surface area contributed by atoms with Crippen LogP contribution in [0.1, 0.15) is 20.8 Å². The number of ether oxygens (including phenoxy) is 5. The van der Waals surface area contributed by atoms with Crippen molar-refractivity contribution in [3.63, 3.8) is 0 Å². The Morgan fingerprint density at radius 3 is 1.62 bits per heavy atom. The molecular formula is C29H49N3O18. The first-order valence-corrected chi connectivity index (χ1v) is 16.0. The lowest BCUT2D eigenvalue weighted by atomic mass is 9.85. The van der Waals surface area contributed by atoms with E-state index in [2.05, 4.69) is 20.8 Å². The maximum absolute atomic E-state index is 12.3. The third kappa shape index (κ3) is 10.7. The number of nitrogens with one attached hydrogen (secondary N) is 3. The molecule has 0 saturated carbocycles. The number of aliphatic hydroxyl groups excluding tert-OH is 7. The van der Waals surface area contributed by atoms with Crippen molar-refractivity contribution in [1.29, 1.82) is 0 Å². The number of carbonyl (C=O) groups excluding carboxylic acids is 4. The van der Waals surface area contributed by atoms with Gasteiger partial charge in [-0.1, -0.05) is 0 Å². The first-order valence-electron chi connectivity index (χ1n) is 16.0. The summed E-state index contributed by atoms with van der Waals surface area (Å²) < 4.78 is 28.8. The van der Waals surface area contributed by atoms with Crippen LogP contribution in [-0.2, 0) is 52.6 Å². The molecule has 3 saturated heterocycles. The molecule has 0 aliphatic carbocycles. The van der Waals surface area contributed by atoms with Crippen LogP contribution in [-0.4, -0.2) is 186 Å². The number of aliphatic hydroxyl groups is 7. The average molecular weight is 728 g/mol. The van der Waals surface area contributed by atoms with Gasteiger partial charge >= 0.3 is 6.47 Å². The molecule has 3 rings (SSSR count). The monoisotopic (exact) mass is 727 g/mol. The Labute approximate surface area is 287 Å². The Morgan fingerprint density at radius 1 is 0.600 bits per heavy atom. The Balaban J connectivity index is 1.76. The fraction of sp³-hybridized carbons (Fsp3) is 0.862. The zero-order valence-corrected chi connectivity index (χ0v) is 27.8. The smallest absolute Gasteiger partial charge is 0.330 e. The Morgan fingerprint density at radius 2 is 1.08 bits per heavy atom. The summed E-state index contributed by atoms with van der Waals surface area (Å²) in [6, 6.07) is -3.46. The van der Waals surface area contributed by atoms with Crippen LogP contribution in [0.25, 0.3) is 0 Å². The zero-order chi connectivity index (χ0) is 37.1. The van der Waals surface area contributed by atoms with Crippen molar-refractivity contribution in [1.82, 2.24) is 16.0 Å². The van der Waals surface area contributed by atoms with E-state index in [1.54, 1.807) is 0 Å². The average Bonchev–Trinajstić information content (AvgIpc) is 3.06. The van der Waals surface area contributed by atoms with Gasteiger partial charge in [-0.15, -0.1) is 0 Å². The lowest BCUT2D eigenvalue weighted by Crippen LogP contribution is -2.65. The molecule has 3 aliphatic heterocycles. The quantitative estimate of drug-likeness (QED) is 0.0378. The van der Waals surface area contributed by atoms with Crippen molar-refractivity contribution in [2.45, 2.75) is 100 Å². The maximum Gasteiger partial charge on any atom is 0.330 e. The van der Waals surface area contributed by atoms with Gasteiger partial charge in [-0.05, 0) is 0 Å². The van der Waals surface area contributed by atoms with Crippen LogP contribution in [0.4, 0.5) is 0 Å². The molecule has 21 nitrogen and oxygen atoms in total. The van der Waals surface area contributed by atoms with Gasteiger partial charge < -0.3 is 80.3 Å². The summed E-state index contributed by atoms with van der Waals surface area (Å²) in [6.07, 6.45) is -12.8. The zero-order valence-electron chi connectivity index (χ0n) is 27.8. The van der Waals surface area contributed by atoms with Gasteiger partial charge in [-0.2, -0.15) is 4.89 Å². The molecule has 50 heavy (non-hydrogen) atoms. The minimum absolute atomic E-state index is 0.00724. The van der Waals surface area contributed by atoms with Crippen LogP contribution in [0.2, 0.25) is 0 Å². The number of hydrogen-bond acceptors (Lipinski definition) is 18. The summed E-state index contributed by atoms with van der Waals surface area (Å²) in [6.45, 7) is 0.484. The number of amides is 3. The van der Waals surface area contributed by atoms with E-state index >= 15 is 0 Å². The predicted molar refractivity (Wildman–Crippen MR) is 161 cm³/mol. The van der Waals surface area contributed by atoms with E-state index in [1.807, 2.05) is 0 Å². The van der Waals surface area contributed by atoms with Crippen LogP contribution in [0, 0.1) is 11.8 Å². The van der Waals surface area contributed by atoms with Gasteiger partial charge in [0.2, 0.25) is 17.7 Å². The third-order valence-electron chi connectivity index (χ3n) is 8.80. The molecule has 3 amide bonds. The summed E-state index contributed by atoms with van der Waals surface area (Å²) in [5, 5.41) is 79.2. The highest BCUT2D eigenvalue weighted by atomic mass is 17.2. The third-order valence-corrected chi connectivity index (χ3v) is 8.80. The molecule has 3 heterocycles. The van der Waals surface area contributed by atoms with Crippen LogP contribution < -0.4 is 16.0 Å². The standard InChI is InChI=1S/C29H49N3O18/c1-12(37)30-22-20(48-19(6-35)26(41)27(22)42)9-45-8-16-18(5-34)47-21(23(31-13(2)38)28(16)50-46-11-36)10-44-7-15-17(4-33)49-29(43)24(25(15)40)32-14(3)39/h11,15-29,33-35,40-43H,4-10H2,1-3H3,(H,30,37)(H,31,38)(H,32,39)/t15-,16+,17?,18?,19?,20+,21+,22?,23?,24?,25+,26-,27-,28+,29-/m1/s1. The Bertz CT molecular complexity index is 1110. The van der Waals surface area contributed by atoms with E-state index in [-0.39, 0.29) is 32.9 Å². The van der Waals surface area contributed by atoms with Gasteiger partial charge in [-0.25, -0.2) is 0 Å². The van der Waals surface area contributed by atoms with E-state index < -0.39 is 129 Å². The van der Waals surface area contributed by atoms with E-state index in [9.17, 15) is 54.9 Å². The molecule has 0 bridgehead atoms. The molecule has 0 aromatic carbocycles. The minimum Gasteiger partial charge on any atom is -0.394 e. The topological polar surface area (TPSA) is 311 Å². The summed E-state index contributed by atoms with van der Waals surface area (Å²) in [5.41, 5.74) is 0. The summed E-state index contributed by atoms with van der Waals surface area (Å²) in [7, 11) is 0. The van der Waals surface area contributed by atoms with Crippen molar-refractivity contribution in [3.8, 4) is 0 Å². The second-order valence-electron chi connectivity index (χ2n) is 12.3. The molecule has 3 fully saturated rings. The van der Waals surface area contributed by atoms with Crippen LogP contribution in [0.3, 0.4) is 0 Å². The second-order valence-corrected chi connectivity index (χ2v) is 12.3. The molecule has 0 aromatic rings. The highest BCUT2D eigenvalue weighted by molar-refractivity contribution is 5.74. The number of rotatable bonds is 17. The molecule has 288 valence electrons. The van der Waals surface area contributed by atoms with Crippen LogP contribution in [0.5, 0.6) is 0 Å². The molecule has 0 aromatic heterocycles. The van der Waals surface area contributed by atoms with E-state index in [1.165, 1.54) is 20.8 Å². The van der Waals surface area contributed by atoms with Gasteiger partial charge in [0.15, 0.2) is 6.29 Å². The fourth-order valence-corrected chi connectivity index (χ4v) is 6.44. The summed E-state index contributed by atoms with van der Waals surface area (Å²) in [5.74, 6) is -3.53. The minimum atomic E-state index is -1.61. The molecule has 6 unspecified atom stereocenters. The molecule has 0 radical (unpaired) electrons. The first kappa shape index (κ1) is 41.8.